The molecule has 2 rings (SSSR count). The van der Waals surface area contributed by atoms with Gasteiger partial charge >= 0.3 is 0 Å². The number of nitrogens with one attached hydrogen (secondary N) is 1. The number of benzene rings is 1. The van der Waals surface area contributed by atoms with Crippen molar-refractivity contribution in [1.82, 2.24) is 10.4 Å². The number of phenols is 1. The first-order valence-electron chi connectivity index (χ1n) is 5.91. The molecule has 0 atom stereocenters. The van der Waals surface area contributed by atoms with Crippen molar-refractivity contribution in [1.29, 1.82) is 0 Å². The number of carbonyl (C=O) groups excluding carboxylic acids is 1. The van der Waals surface area contributed by atoms with Crippen molar-refractivity contribution in [2.75, 3.05) is 7.11 Å². The third-order valence-corrected chi connectivity index (χ3v) is 2.82. The van der Waals surface area contributed by atoms with Gasteiger partial charge in [-0.1, -0.05) is 11.6 Å². The van der Waals surface area contributed by atoms with Gasteiger partial charge in [0.2, 0.25) is 0 Å². The van der Waals surface area contributed by atoms with Gasteiger partial charge in [0.25, 0.3) is 5.91 Å². The summed E-state index contributed by atoms with van der Waals surface area (Å²) < 4.78 is 4.97. The molecule has 1 amide bonds. The van der Waals surface area contributed by atoms with Crippen LogP contribution < -0.4 is 10.2 Å². The average molecular weight is 306 g/mol. The lowest BCUT2D eigenvalue weighted by atomic mass is 10.2. The van der Waals surface area contributed by atoms with Crippen LogP contribution in [-0.2, 0) is 0 Å². The van der Waals surface area contributed by atoms with Crippen LogP contribution in [0.5, 0.6) is 11.5 Å². The lowest BCUT2D eigenvalue weighted by Gasteiger charge is -2.06. The third-order valence-electron chi connectivity index (χ3n) is 2.60. The molecule has 21 heavy (non-hydrogen) atoms. The maximum absolute atomic E-state index is 11.7. The van der Waals surface area contributed by atoms with Crippen LogP contribution in [0, 0.1) is 0 Å². The van der Waals surface area contributed by atoms with Crippen molar-refractivity contribution < 1.29 is 14.6 Å². The van der Waals surface area contributed by atoms with Gasteiger partial charge in [-0.05, 0) is 18.2 Å². The monoisotopic (exact) mass is 305 g/mol. The zero-order chi connectivity index (χ0) is 15.2. The number of hydrazone groups is 1. The van der Waals surface area contributed by atoms with Gasteiger partial charge in [0.1, 0.15) is 0 Å². The van der Waals surface area contributed by atoms with Gasteiger partial charge < -0.3 is 9.84 Å². The van der Waals surface area contributed by atoms with E-state index in [1.54, 1.807) is 12.1 Å². The van der Waals surface area contributed by atoms with E-state index in [9.17, 15) is 9.90 Å². The van der Waals surface area contributed by atoms with Crippen LogP contribution in [0.1, 0.15) is 15.9 Å². The number of hydrogen-bond donors (Lipinski definition) is 2. The van der Waals surface area contributed by atoms with E-state index in [0.717, 1.165) is 0 Å². The molecule has 0 unspecified atom stereocenters. The Kier molecular flexibility index (Phi) is 4.73. The van der Waals surface area contributed by atoms with Gasteiger partial charge in [-0.3, -0.25) is 9.78 Å². The molecular formula is C14H12ClN3O3. The van der Waals surface area contributed by atoms with E-state index in [1.165, 1.54) is 37.9 Å². The highest BCUT2D eigenvalue weighted by Crippen LogP contribution is 2.32. The number of halogens is 1. The number of phenolic OH excluding ortho intramolecular Hbond substituents is 1. The van der Waals surface area contributed by atoms with Crippen LogP contribution in [0.15, 0.2) is 41.8 Å². The number of rotatable bonds is 4. The Morgan fingerprint density at radius 1 is 1.43 bits per heavy atom. The number of hydrogen-bond acceptors (Lipinski definition) is 5. The van der Waals surface area contributed by atoms with E-state index in [1.807, 2.05) is 0 Å². The fourth-order valence-electron chi connectivity index (χ4n) is 1.58. The maximum Gasteiger partial charge on any atom is 0.271 e. The highest BCUT2D eigenvalue weighted by molar-refractivity contribution is 6.31. The van der Waals surface area contributed by atoms with E-state index in [2.05, 4.69) is 15.5 Å². The minimum Gasteiger partial charge on any atom is -0.504 e. The van der Waals surface area contributed by atoms with Crippen LogP contribution >= 0.6 is 11.6 Å². The Hall–Kier alpha value is -2.60. The second-order valence-electron chi connectivity index (χ2n) is 3.98. The number of amides is 1. The van der Waals surface area contributed by atoms with Gasteiger partial charge in [-0.15, -0.1) is 0 Å². The molecule has 0 aliphatic carbocycles. The Bertz CT molecular complexity index is 675. The Balaban J connectivity index is 2.12. The molecule has 0 radical (unpaired) electrons. The van der Waals surface area contributed by atoms with Crippen molar-refractivity contribution >= 4 is 23.7 Å². The zero-order valence-electron chi connectivity index (χ0n) is 11.1. The molecule has 0 saturated carbocycles. The Morgan fingerprint density at radius 3 is 2.81 bits per heavy atom. The summed E-state index contributed by atoms with van der Waals surface area (Å²) in [7, 11) is 1.41. The predicted molar refractivity (Wildman–Crippen MR) is 79.0 cm³/mol. The van der Waals surface area contributed by atoms with Crippen molar-refractivity contribution in [2.45, 2.75) is 0 Å². The van der Waals surface area contributed by atoms with Gasteiger partial charge in [0.15, 0.2) is 11.5 Å². The number of pyridine rings is 1. The SMILES string of the molecule is COc1cc(Cl)cc(C=NNC(=O)c2ccncc2)c1O. The van der Waals surface area contributed by atoms with E-state index < -0.39 is 0 Å². The fourth-order valence-corrected chi connectivity index (χ4v) is 1.79. The van der Waals surface area contributed by atoms with Crippen molar-refractivity contribution in [3.63, 3.8) is 0 Å². The van der Waals surface area contributed by atoms with E-state index in [0.29, 0.717) is 16.1 Å². The summed E-state index contributed by atoms with van der Waals surface area (Å²) in [6.45, 7) is 0. The summed E-state index contributed by atoms with van der Waals surface area (Å²) in [5, 5.41) is 14.1. The van der Waals surface area contributed by atoms with E-state index >= 15 is 0 Å². The highest BCUT2D eigenvalue weighted by atomic mass is 35.5. The average Bonchev–Trinajstić information content (AvgIpc) is 2.51. The number of carbonyl (C=O) groups is 1. The zero-order valence-corrected chi connectivity index (χ0v) is 11.8. The first kappa shape index (κ1) is 14.8. The van der Waals surface area contributed by atoms with Crippen LogP contribution in [0.3, 0.4) is 0 Å². The molecule has 7 heteroatoms. The Labute approximate surface area is 126 Å². The first-order chi connectivity index (χ1) is 10.1. The smallest absolute Gasteiger partial charge is 0.271 e. The number of methoxy groups -OCH3 is 1. The van der Waals surface area contributed by atoms with Crippen LogP contribution in [-0.4, -0.2) is 29.3 Å². The summed E-state index contributed by atoms with van der Waals surface area (Å²) in [6, 6.07) is 6.10. The summed E-state index contributed by atoms with van der Waals surface area (Å²) in [4.78, 5) is 15.6. The molecule has 6 nitrogen and oxygen atoms in total. The molecule has 108 valence electrons. The predicted octanol–water partition coefficient (Wildman–Crippen LogP) is 2.21. The standard InChI is InChI=1S/C14H12ClN3O3/c1-21-12-7-11(15)6-10(13(12)19)8-17-18-14(20)9-2-4-16-5-3-9/h2-8,19H,1H3,(H,18,20). The number of aromatic hydroxyl groups is 1. The minimum atomic E-state index is -0.387. The second kappa shape index (κ2) is 6.71. The minimum absolute atomic E-state index is 0.108. The van der Waals surface area contributed by atoms with Crippen LogP contribution in [0.4, 0.5) is 0 Å². The Morgan fingerprint density at radius 2 is 2.14 bits per heavy atom. The summed E-state index contributed by atoms with van der Waals surface area (Å²) in [5.74, 6) is -0.268. The molecule has 0 fully saturated rings. The molecule has 0 saturated heterocycles. The number of nitrogens with zero attached hydrogens (tertiary/aromatic N) is 2. The summed E-state index contributed by atoms with van der Waals surface area (Å²) in [6.07, 6.45) is 4.29. The molecule has 2 N–H and O–H groups in total. The third kappa shape index (κ3) is 3.70. The lowest BCUT2D eigenvalue weighted by Crippen LogP contribution is -2.17. The lowest BCUT2D eigenvalue weighted by molar-refractivity contribution is 0.0955. The molecule has 0 bridgehead atoms. The first-order valence-corrected chi connectivity index (χ1v) is 6.29. The second-order valence-corrected chi connectivity index (χ2v) is 4.42. The summed E-state index contributed by atoms with van der Waals surface area (Å²) in [5.41, 5.74) is 3.09. The maximum atomic E-state index is 11.7. The number of ether oxygens (including phenoxy) is 1. The van der Waals surface area contributed by atoms with Gasteiger partial charge in [-0.2, -0.15) is 5.10 Å². The number of aromatic nitrogens is 1. The molecule has 1 aromatic heterocycles. The van der Waals surface area contributed by atoms with Gasteiger partial charge in [0, 0.05) is 34.6 Å². The van der Waals surface area contributed by atoms with E-state index in [4.69, 9.17) is 16.3 Å². The fraction of sp³-hybridized carbons (Fsp3) is 0.0714. The highest BCUT2D eigenvalue weighted by Gasteiger charge is 2.08. The molecule has 0 aliphatic heterocycles. The molecule has 1 aromatic carbocycles. The van der Waals surface area contributed by atoms with Gasteiger partial charge in [0.05, 0.1) is 13.3 Å². The largest absolute Gasteiger partial charge is 0.504 e. The van der Waals surface area contributed by atoms with Gasteiger partial charge in [-0.25, -0.2) is 5.43 Å². The summed E-state index contributed by atoms with van der Waals surface area (Å²) >= 11 is 5.89. The van der Waals surface area contributed by atoms with Crippen LogP contribution in [0.25, 0.3) is 0 Å². The van der Waals surface area contributed by atoms with Crippen molar-refractivity contribution in [3.05, 3.63) is 52.8 Å². The molecule has 1 heterocycles. The van der Waals surface area contributed by atoms with Crippen molar-refractivity contribution in [3.8, 4) is 11.5 Å². The molecule has 0 spiro atoms. The van der Waals surface area contributed by atoms with Crippen molar-refractivity contribution in [2.24, 2.45) is 5.10 Å². The van der Waals surface area contributed by atoms with E-state index in [-0.39, 0.29) is 17.4 Å². The van der Waals surface area contributed by atoms with Crippen LogP contribution in [0.2, 0.25) is 5.02 Å². The normalized spacial score (nSPS) is 10.6. The topological polar surface area (TPSA) is 83.8 Å². The molecule has 0 aliphatic rings. The quantitative estimate of drug-likeness (QED) is 0.670. The molecular weight excluding hydrogens is 294 g/mol. The molecule has 2 aromatic rings.